The molecule has 1 N–H and O–H groups in total. The Kier molecular flexibility index (Phi) is 5.80. The second-order valence-corrected chi connectivity index (χ2v) is 7.05. The minimum Gasteiger partial charge on any atom is -0.316 e. The Hall–Kier alpha value is -0.890. The fourth-order valence-corrected chi connectivity index (χ4v) is 4.54. The van der Waals surface area contributed by atoms with Crippen LogP contribution in [0.4, 0.5) is 0 Å². The SMILES string of the molecule is CCCNCC1(c2cccnc2)CC(CCC)(CCC)C1. The highest BCUT2D eigenvalue weighted by Gasteiger charge is 2.53. The maximum absolute atomic E-state index is 4.37. The molecule has 1 saturated carbocycles. The maximum Gasteiger partial charge on any atom is 0.0306 e. The Morgan fingerprint density at radius 2 is 1.81 bits per heavy atom. The van der Waals surface area contributed by atoms with Gasteiger partial charge in [-0.1, -0.05) is 39.7 Å². The van der Waals surface area contributed by atoms with Crippen LogP contribution in [-0.4, -0.2) is 18.1 Å². The quantitative estimate of drug-likeness (QED) is 0.666. The molecule has 2 rings (SSSR count). The van der Waals surface area contributed by atoms with Crippen molar-refractivity contribution in [2.24, 2.45) is 5.41 Å². The van der Waals surface area contributed by atoms with E-state index in [0.717, 1.165) is 13.1 Å². The van der Waals surface area contributed by atoms with Crippen LogP contribution in [0.2, 0.25) is 0 Å². The molecule has 0 saturated heterocycles. The first-order valence-electron chi connectivity index (χ1n) is 8.81. The Balaban J connectivity index is 2.13. The van der Waals surface area contributed by atoms with Gasteiger partial charge >= 0.3 is 0 Å². The topological polar surface area (TPSA) is 24.9 Å². The third-order valence-corrected chi connectivity index (χ3v) is 5.15. The molecule has 0 unspecified atom stereocenters. The van der Waals surface area contributed by atoms with Crippen molar-refractivity contribution in [1.82, 2.24) is 10.3 Å². The van der Waals surface area contributed by atoms with Crippen LogP contribution in [0.1, 0.15) is 71.3 Å². The van der Waals surface area contributed by atoms with Gasteiger partial charge in [0.1, 0.15) is 0 Å². The van der Waals surface area contributed by atoms with Gasteiger partial charge in [0.25, 0.3) is 0 Å². The molecule has 0 aromatic carbocycles. The molecule has 0 bridgehead atoms. The van der Waals surface area contributed by atoms with E-state index in [1.807, 2.05) is 6.20 Å². The zero-order valence-corrected chi connectivity index (χ0v) is 14.1. The summed E-state index contributed by atoms with van der Waals surface area (Å²) in [7, 11) is 0. The van der Waals surface area contributed by atoms with Crippen LogP contribution in [0, 0.1) is 5.41 Å². The average Bonchev–Trinajstić information content (AvgIpc) is 2.46. The third-order valence-electron chi connectivity index (χ3n) is 5.15. The summed E-state index contributed by atoms with van der Waals surface area (Å²) < 4.78 is 0. The van der Waals surface area contributed by atoms with Gasteiger partial charge in [0.2, 0.25) is 0 Å². The standard InChI is InChI=1S/C19H32N2/c1-4-9-18(10-5-2)14-19(15-18,16-21-11-6-3)17-8-7-12-20-13-17/h7-8,12-13,21H,4-6,9-11,14-16H2,1-3H3. The van der Waals surface area contributed by atoms with Gasteiger partial charge in [0.15, 0.2) is 0 Å². The van der Waals surface area contributed by atoms with Gasteiger partial charge in [-0.25, -0.2) is 0 Å². The number of aromatic nitrogens is 1. The fourth-order valence-electron chi connectivity index (χ4n) is 4.54. The van der Waals surface area contributed by atoms with E-state index in [1.54, 1.807) is 0 Å². The van der Waals surface area contributed by atoms with Crippen molar-refractivity contribution < 1.29 is 0 Å². The molecule has 0 radical (unpaired) electrons. The summed E-state index contributed by atoms with van der Waals surface area (Å²) >= 11 is 0. The van der Waals surface area contributed by atoms with Gasteiger partial charge in [-0.15, -0.1) is 0 Å². The molecule has 1 aromatic heterocycles. The zero-order valence-electron chi connectivity index (χ0n) is 14.1. The molecule has 1 aromatic rings. The number of hydrogen-bond acceptors (Lipinski definition) is 2. The first-order chi connectivity index (χ1) is 10.2. The highest BCUT2D eigenvalue weighted by atomic mass is 14.9. The van der Waals surface area contributed by atoms with Crippen molar-refractivity contribution in [2.45, 2.75) is 71.1 Å². The van der Waals surface area contributed by atoms with E-state index in [-0.39, 0.29) is 0 Å². The van der Waals surface area contributed by atoms with Gasteiger partial charge < -0.3 is 5.32 Å². The van der Waals surface area contributed by atoms with Gasteiger partial charge in [0.05, 0.1) is 0 Å². The molecule has 0 atom stereocenters. The monoisotopic (exact) mass is 288 g/mol. The molecule has 21 heavy (non-hydrogen) atoms. The summed E-state index contributed by atoms with van der Waals surface area (Å²) in [5, 5.41) is 3.67. The van der Waals surface area contributed by atoms with Crippen LogP contribution in [-0.2, 0) is 5.41 Å². The summed E-state index contributed by atoms with van der Waals surface area (Å²) in [5.41, 5.74) is 2.36. The Morgan fingerprint density at radius 3 is 2.33 bits per heavy atom. The van der Waals surface area contributed by atoms with Gasteiger partial charge in [0, 0.05) is 24.4 Å². The molecule has 0 aliphatic heterocycles. The molecule has 2 nitrogen and oxygen atoms in total. The lowest BCUT2D eigenvalue weighted by atomic mass is 9.48. The average molecular weight is 288 g/mol. The number of nitrogens with zero attached hydrogens (tertiary/aromatic N) is 1. The molecule has 1 heterocycles. The van der Waals surface area contributed by atoms with Crippen LogP contribution >= 0.6 is 0 Å². The minimum atomic E-state index is 0.327. The molecule has 1 aliphatic carbocycles. The first kappa shape index (κ1) is 16.5. The Bertz CT molecular complexity index is 399. The summed E-state index contributed by atoms with van der Waals surface area (Å²) in [5.74, 6) is 0. The maximum atomic E-state index is 4.37. The van der Waals surface area contributed by atoms with Crippen LogP contribution in [0.25, 0.3) is 0 Å². The van der Waals surface area contributed by atoms with Crippen molar-refractivity contribution in [3.63, 3.8) is 0 Å². The Morgan fingerprint density at radius 1 is 1.10 bits per heavy atom. The molecule has 2 heteroatoms. The van der Waals surface area contributed by atoms with E-state index in [2.05, 4.69) is 49.4 Å². The van der Waals surface area contributed by atoms with E-state index in [1.165, 1.54) is 50.5 Å². The molecular formula is C19H32N2. The van der Waals surface area contributed by atoms with Gasteiger partial charge in [-0.3, -0.25) is 4.98 Å². The van der Waals surface area contributed by atoms with Crippen LogP contribution in [0.3, 0.4) is 0 Å². The minimum absolute atomic E-state index is 0.327. The van der Waals surface area contributed by atoms with Crippen LogP contribution in [0.15, 0.2) is 24.5 Å². The van der Waals surface area contributed by atoms with Crippen LogP contribution < -0.4 is 5.32 Å². The highest BCUT2D eigenvalue weighted by Crippen LogP contribution is 2.59. The second kappa shape index (κ2) is 7.40. The summed E-state index contributed by atoms with van der Waals surface area (Å²) in [4.78, 5) is 4.37. The van der Waals surface area contributed by atoms with Crippen molar-refractivity contribution in [3.8, 4) is 0 Å². The lowest BCUT2D eigenvalue weighted by Gasteiger charge is -2.57. The van der Waals surface area contributed by atoms with Crippen molar-refractivity contribution in [1.29, 1.82) is 0 Å². The lowest BCUT2D eigenvalue weighted by molar-refractivity contribution is 0.00277. The number of hydrogen-bond donors (Lipinski definition) is 1. The summed E-state index contributed by atoms with van der Waals surface area (Å²) in [6, 6.07) is 4.37. The molecule has 1 aliphatic rings. The van der Waals surface area contributed by atoms with E-state index in [4.69, 9.17) is 0 Å². The Labute approximate surface area is 130 Å². The normalized spacial score (nSPS) is 19.2. The predicted octanol–water partition coefficient (Wildman–Crippen LogP) is 4.70. The second-order valence-electron chi connectivity index (χ2n) is 7.05. The van der Waals surface area contributed by atoms with E-state index < -0.39 is 0 Å². The smallest absolute Gasteiger partial charge is 0.0306 e. The number of nitrogens with one attached hydrogen (secondary N) is 1. The first-order valence-corrected chi connectivity index (χ1v) is 8.81. The lowest BCUT2D eigenvalue weighted by Crippen LogP contribution is -2.54. The highest BCUT2D eigenvalue weighted by molar-refractivity contribution is 5.29. The molecular weight excluding hydrogens is 256 g/mol. The number of rotatable bonds is 9. The van der Waals surface area contributed by atoms with Crippen molar-refractivity contribution >= 4 is 0 Å². The largest absolute Gasteiger partial charge is 0.316 e. The zero-order chi connectivity index (χ0) is 15.2. The van der Waals surface area contributed by atoms with Gasteiger partial charge in [-0.05, 0) is 55.7 Å². The fraction of sp³-hybridized carbons (Fsp3) is 0.737. The van der Waals surface area contributed by atoms with Crippen LogP contribution in [0.5, 0.6) is 0 Å². The summed E-state index contributed by atoms with van der Waals surface area (Å²) in [6.45, 7) is 9.13. The molecule has 118 valence electrons. The predicted molar refractivity (Wildman–Crippen MR) is 90.6 cm³/mol. The molecule has 1 fully saturated rings. The molecule has 0 amide bonds. The van der Waals surface area contributed by atoms with E-state index >= 15 is 0 Å². The van der Waals surface area contributed by atoms with E-state index in [9.17, 15) is 0 Å². The van der Waals surface area contributed by atoms with Gasteiger partial charge in [-0.2, -0.15) is 0 Å². The van der Waals surface area contributed by atoms with Crippen molar-refractivity contribution in [3.05, 3.63) is 30.1 Å². The number of pyridine rings is 1. The molecule has 0 spiro atoms. The third kappa shape index (κ3) is 3.66. The summed E-state index contributed by atoms with van der Waals surface area (Å²) in [6.07, 6.45) is 13.3. The van der Waals surface area contributed by atoms with E-state index in [0.29, 0.717) is 10.8 Å². The van der Waals surface area contributed by atoms with Crippen molar-refractivity contribution in [2.75, 3.05) is 13.1 Å².